The van der Waals surface area contributed by atoms with Crippen LogP contribution in [0.3, 0.4) is 0 Å². The lowest BCUT2D eigenvalue weighted by Gasteiger charge is -2.13. The number of hydrogen-bond donors (Lipinski definition) is 1. The molecule has 1 aromatic carbocycles. The molecule has 0 bridgehead atoms. The van der Waals surface area contributed by atoms with Crippen molar-refractivity contribution in [2.75, 3.05) is 25.5 Å². The second-order valence-corrected chi connectivity index (χ2v) is 6.08. The Morgan fingerprint density at radius 3 is 2.70 bits per heavy atom. The summed E-state index contributed by atoms with van der Waals surface area (Å²) < 4.78 is 5.86. The predicted octanol–water partition coefficient (Wildman–Crippen LogP) is 3.50. The highest BCUT2D eigenvalue weighted by atomic mass is 32.1. The lowest BCUT2D eigenvalue weighted by atomic mass is 10.3. The van der Waals surface area contributed by atoms with E-state index in [1.807, 2.05) is 26.2 Å². The number of hydrogen-bond acceptors (Lipinski definition) is 4. The molecule has 3 nitrogen and oxygen atoms in total. The fourth-order valence-electron chi connectivity index (χ4n) is 1.85. The topological polar surface area (TPSA) is 24.5 Å². The van der Waals surface area contributed by atoms with E-state index in [1.54, 1.807) is 11.3 Å². The van der Waals surface area contributed by atoms with Crippen molar-refractivity contribution in [1.82, 2.24) is 5.32 Å². The first-order chi connectivity index (χ1) is 9.69. The van der Waals surface area contributed by atoms with Crippen molar-refractivity contribution in [3.05, 3.63) is 46.2 Å². The molecule has 0 aliphatic rings. The smallest absolute Gasteiger partial charge is 0.122 e. The van der Waals surface area contributed by atoms with E-state index in [4.69, 9.17) is 4.74 Å². The van der Waals surface area contributed by atoms with Crippen LogP contribution in [0.25, 0.3) is 0 Å². The summed E-state index contributed by atoms with van der Waals surface area (Å²) in [5.41, 5.74) is 1.15. The number of anilines is 1. The van der Waals surface area contributed by atoms with E-state index >= 15 is 0 Å². The van der Waals surface area contributed by atoms with Crippen LogP contribution < -0.4 is 15.0 Å². The highest BCUT2D eigenvalue weighted by molar-refractivity contribution is 7.11. The average Bonchev–Trinajstić information content (AvgIpc) is 2.91. The third kappa shape index (κ3) is 4.25. The van der Waals surface area contributed by atoms with Crippen molar-refractivity contribution in [1.29, 1.82) is 0 Å². The monoisotopic (exact) mass is 290 g/mol. The quantitative estimate of drug-likeness (QED) is 0.844. The van der Waals surface area contributed by atoms with Crippen LogP contribution in [0.15, 0.2) is 36.4 Å². The van der Waals surface area contributed by atoms with Gasteiger partial charge in [-0.15, -0.1) is 11.3 Å². The molecular weight excluding hydrogens is 268 g/mol. The van der Waals surface area contributed by atoms with Crippen LogP contribution in [0.4, 0.5) is 5.69 Å². The maximum atomic E-state index is 5.86. The van der Waals surface area contributed by atoms with E-state index in [0.717, 1.165) is 24.5 Å². The Labute approximate surface area is 125 Å². The van der Waals surface area contributed by atoms with Crippen LogP contribution in [0.1, 0.15) is 16.7 Å². The maximum Gasteiger partial charge on any atom is 0.122 e. The molecule has 0 radical (unpaired) electrons. The Bertz CT molecular complexity index is 537. The van der Waals surface area contributed by atoms with Gasteiger partial charge in [-0.2, -0.15) is 0 Å². The zero-order valence-electron chi connectivity index (χ0n) is 12.3. The van der Waals surface area contributed by atoms with Gasteiger partial charge in [-0.1, -0.05) is 13.0 Å². The Morgan fingerprint density at radius 1 is 1.15 bits per heavy atom. The SMILES string of the molecule is CCNCc1ccc(COc2cccc(N(C)C)c2)s1. The molecule has 0 amide bonds. The highest BCUT2D eigenvalue weighted by Gasteiger charge is 2.02. The van der Waals surface area contributed by atoms with Gasteiger partial charge in [0.1, 0.15) is 12.4 Å². The zero-order chi connectivity index (χ0) is 14.4. The summed E-state index contributed by atoms with van der Waals surface area (Å²) in [5, 5.41) is 3.34. The number of nitrogens with zero attached hydrogens (tertiary/aromatic N) is 1. The first kappa shape index (κ1) is 14.9. The van der Waals surface area contributed by atoms with E-state index in [2.05, 4.69) is 41.4 Å². The molecule has 0 spiro atoms. The van der Waals surface area contributed by atoms with E-state index < -0.39 is 0 Å². The first-order valence-electron chi connectivity index (χ1n) is 6.87. The minimum absolute atomic E-state index is 0.633. The van der Waals surface area contributed by atoms with Gasteiger partial charge in [-0.05, 0) is 30.8 Å². The van der Waals surface area contributed by atoms with Gasteiger partial charge in [-0.25, -0.2) is 0 Å². The molecule has 0 aliphatic heterocycles. The molecule has 20 heavy (non-hydrogen) atoms. The summed E-state index contributed by atoms with van der Waals surface area (Å²) in [6, 6.07) is 12.5. The van der Waals surface area contributed by atoms with E-state index in [0.29, 0.717) is 6.61 Å². The third-order valence-corrected chi connectivity index (χ3v) is 4.04. The van der Waals surface area contributed by atoms with Crippen LogP contribution >= 0.6 is 11.3 Å². The summed E-state index contributed by atoms with van der Waals surface area (Å²) in [5.74, 6) is 0.915. The second-order valence-electron chi connectivity index (χ2n) is 4.83. The van der Waals surface area contributed by atoms with Crippen molar-refractivity contribution < 1.29 is 4.74 Å². The molecule has 0 unspecified atom stereocenters. The molecule has 0 saturated carbocycles. The average molecular weight is 290 g/mol. The fraction of sp³-hybridized carbons (Fsp3) is 0.375. The second kappa shape index (κ2) is 7.31. The van der Waals surface area contributed by atoms with Crippen LogP contribution in [-0.4, -0.2) is 20.6 Å². The molecule has 4 heteroatoms. The Hall–Kier alpha value is -1.52. The summed E-state index contributed by atoms with van der Waals surface area (Å²) in [4.78, 5) is 4.69. The number of ether oxygens (including phenoxy) is 1. The zero-order valence-corrected chi connectivity index (χ0v) is 13.2. The Morgan fingerprint density at radius 2 is 1.95 bits per heavy atom. The summed E-state index contributed by atoms with van der Waals surface area (Å²) in [6.07, 6.45) is 0. The van der Waals surface area contributed by atoms with Crippen LogP contribution in [-0.2, 0) is 13.2 Å². The van der Waals surface area contributed by atoms with E-state index in [9.17, 15) is 0 Å². The van der Waals surface area contributed by atoms with Crippen molar-refractivity contribution in [2.45, 2.75) is 20.1 Å². The molecule has 2 aromatic rings. The van der Waals surface area contributed by atoms with Crippen molar-refractivity contribution in [3.8, 4) is 5.75 Å². The first-order valence-corrected chi connectivity index (χ1v) is 7.69. The fourth-order valence-corrected chi connectivity index (χ4v) is 2.75. The Kier molecular flexibility index (Phi) is 5.44. The van der Waals surface area contributed by atoms with Crippen LogP contribution in [0.5, 0.6) is 5.75 Å². The van der Waals surface area contributed by atoms with Gasteiger partial charge >= 0.3 is 0 Å². The van der Waals surface area contributed by atoms with Crippen molar-refractivity contribution in [3.63, 3.8) is 0 Å². The minimum atomic E-state index is 0.633. The number of thiophene rings is 1. The summed E-state index contributed by atoms with van der Waals surface area (Å²) in [6.45, 7) is 4.70. The van der Waals surface area contributed by atoms with Crippen LogP contribution in [0, 0.1) is 0 Å². The molecule has 2 rings (SSSR count). The molecule has 108 valence electrons. The van der Waals surface area contributed by atoms with Gasteiger partial charge in [0.15, 0.2) is 0 Å². The molecule has 0 atom stereocenters. The molecule has 1 aromatic heterocycles. The molecule has 0 aliphatic carbocycles. The van der Waals surface area contributed by atoms with E-state index in [-0.39, 0.29) is 0 Å². The van der Waals surface area contributed by atoms with Gasteiger partial charge < -0.3 is 15.0 Å². The van der Waals surface area contributed by atoms with Gasteiger partial charge in [0, 0.05) is 42.1 Å². The minimum Gasteiger partial charge on any atom is -0.488 e. The predicted molar refractivity (Wildman–Crippen MR) is 86.8 cm³/mol. The highest BCUT2D eigenvalue weighted by Crippen LogP contribution is 2.22. The molecule has 1 N–H and O–H groups in total. The molecular formula is C16H22N2OS. The van der Waals surface area contributed by atoms with Crippen molar-refractivity contribution >= 4 is 17.0 Å². The molecule has 1 heterocycles. The lowest BCUT2D eigenvalue weighted by molar-refractivity contribution is 0.310. The largest absolute Gasteiger partial charge is 0.488 e. The number of benzene rings is 1. The Balaban J connectivity index is 1.91. The van der Waals surface area contributed by atoms with Gasteiger partial charge in [0.25, 0.3) is 0 Å². The lowest BCUT2D eigenvalue weighted by Crippen LogP contribution is -2.10. The standard InChI is InChI=1S/C16H22N2OS/c1-4-17-11-15-8-9-16(20-15)12-19-14-7-5-6-13(10-14)18(2)3/h5-10,17H,4,11-12H2,1-3H3. The number of nitrogens with one attached hydrogen (secondary N) is 1. The summed E-state index contributed by atoms with van der Waals surface area (Å²) >= 11 is 1.80. The number of rotatable bonds is 7. The maximum absolute atomic E-state index is 5.86. The van der Waals surface area contributed by atoms with Crippen molar-refractivity contribution in [2.24, 2.45) is 0 Å². The van der Waals surface area contributed by atoms with Gasteiger partial charge in [0.05, 0.1) is 0 Å². The van der Waals surface area contributed by atoms with E-state index in [1.165, 1.54) is 9.75 Å². The molecule has 0 saturated heterocycles. The normalized spacial score (nSPS) is 10.6. The molecule has 0 fully saturated rings. The van der Waals surface area contributed by atoms with Crippen LogP contribution in [0.2, 0.25) is 0 Å². The van der Waals surface area contributed by atoms with Gasteiger partial charge in [0.2, 0.25) is 0 Å². The van der Waals surface area contributed by atoms with Gasteiger partial charge in [-0.3, -0.25) is 0 Å². The summed E-state index contributed by atoms with van der Waals surface area (Å²) in [7, 11) is 4.07. The third-order valence-electron chi connectivity index (χ3n) is 2.98.